The Morgan fingerprint density at radius 1 is 1.17 bits per heavy atom. The molecule has 6 nitrogen and oxygen atoms in total. The van der Waals surface area contributed by atoms with Crippen LogP contribution in [0, 0.1) is 17.0 Å². The number of fused-ring (bicyclic) bond motifs is 1. The van der Waals surface area contributed by atoms with Crippen molar-refractivity contribution in [1.82, 2.24) is 4.98 Å². The van der Waals surface area contributed by atoms with E-state index < -0.39 is 4.92 Å². The van der Waals surface area contributed by atoms with E-state index in [1.54, 1.807) is 36.5 Å². The third-order valence-electron chi connectivity index (χ3n) is 4.25. The summed E-state index contributed by atoms with van der Waals surface area (Å²) in [5, 5.41) is 11.6. The molecule has 0 spiro atoms. The van der Waals surface area contributed by atoms with Gasteiger partial charge in [-0.3, -0.25) is 15.1 Å². The van der Waals surface area contributed by atoms with Crippen LogP contribution in [0.15, 0.2) is 68.5 Å². The van der Waals surface area contributed by atoms with E-state index in [1.807, 2.05) is 25.1 Å². The van der Waals surface area contributed by atoms with Gasteiger partial charge in [0.15, 0.2) is 5.58 Å². The van der Waals surface area contributed by atoms with Crippen molar-refractivity contribution in [2.45, 2.75) is 6.92 Å². The molecule has 0 unspecified atom stereocenters. The highest BCUT2D eigenvalue weighted by Gasteiger charge is 2.13. The molecule has 8 heteroatoms. The zero-order valence-corrected chi connectivity index (χ0v) is 17.4. The molecule has 4 aromatic rings. The van der Waals surface area contributed by atoms with Gasteiger partial charge in [0.1, 0.15) is 5.52 Å². The Hall–Kier alpha value is -3.03. The minimum absolute atomic E-state index is 0.0208. The molecular formula is C21H13BrClN3O3. The highest BCUT2D eigenvalue weighted by Crippen LogP contribution is 2.33. The third-order valence-corrected chi connectivity index (χ3v) is 5.25. The summed E-state index contributed by atoms with van der Waals surface area (Å²) in [7, 11) is 0. The summed E-state index contributed by atoms with van der Waals surface area (Å²) in [5.41, 5.74) is 4.34. The highest BCUT2D eigenvalue weighted by molar-refractivity contribution is 9.10. The molecule has 0 amide bonds. The lowest BCUT2D eigenvalue weighted by molar-refractivity contribution is -0.385. The van der Waals surface area contributed by atoms with Gasteiger partial charge in [-0.1, -0.05) is 23.7 Å². The summed E-state index contributed by atoms with van der Waals surface area (Å²) in [6.07, 6.45) is 1.56. The van der Waals surface area contributed by atoms with Crippen molar-refractivity contribution in [2.75, 3.05) is 0 Å². The molecular weight excluding hydrogens is 458 g/mol. The number of halogens is 2. The lowest BCUT2D eigenvalue weighted by atomic mass is 10.2. The van der Waals surface area contributed by atoms with Crippen LogP contribution in [0.5, 0.6) is 0 Å². The SMILES string of the molecule is Cc1ccc2nc(-c3cc(N=Cc4ccc(Br)c([N+](=O)[O-])c4)ccc3Cl)oc2c1. The van der Waals surface area contributed by atoms with Crippen LogP contribution in [-0.4, -0.2) is 16.1 Å². The maximum Gasteiger partial charge on any atom is 0.284 e. The minimum Gasteiger partial charge on any atom is -0.436 e. The molecule has 1 aromatic heterocycles. The quantitative estimate of drug-likeness (QED) is 0.185. The number of oxazole rings is 1. The van der Waals surface area contributed by atoms with Crippen molar-refractivity contribution < 1.29 is 9.34 Å². The number of hydrogen-bond acceptors (Lipinski definition) is 5. The van der Waals surface area contributed by atoms with Crippen LogP contribution >= 0.6 is 27.5 Å². The van der Waals surface area contributed by atoms with Gasteiger partial charge in [-0.25, -0.2) is 4.98 Å². The van der Waals surface area contributed by atoms with Gasteiger partial charge in [-0.15, -0.1) is 0 Å². The minimum atomic E-state index is -0.448. The van der Waals surface area contributed by atoms with Crippen LogP contribution in [0.4, 0.5) is 11.4 Å². The molecule has 0 aliphatic carbocycles. The number of rotatable bonds is 4. The Balaban J connectivity index is 1.69. The second-order valence-corrected chi connectivity index (χ2v) is 7.64. The van der Waals surface area contributed by atoms with Gasteiger partial charge in [-0.05, 0) is 70.4 Å². The summed E-state index contributed by atoms with van der Waals surface area (Å²) >= 11 is 9.52. The molecule has 144 valence electrons. The van der Waals surface area contributed by atoms with Crippen molar-refractivity contribution in [3.8, 4) is 11.5 Å². The fourth-order valence-corrected chi connectivity index (χ4v) is 3.39. The second-order valence-electron chi connectivity index (χ2n) is 6.38. The number of aliphatic imine (C=N–C) groups is 1. The van der Waals surface area contributed by atoms with Gasteiger partial charge in [0.2, 0.25) is 5.89 Å². The van der Waals surface area contributed by atoms with Gasteiger partial charge < -0.3 is 4.42 Å². The molecule has 0 aliphatic heterocycles. The molecule has 0 saturated carbocycles. The van der Waals surface area contributed by atoms with E-state index in [1.165, 1.54) is 6.07 Å². The van der Waals surface area contributed by atoms with Gasteiger partial charge in [-0.2, -0.15) is 0 Å². The van der Waals surface area contributed by atoms with E-state index in [9.17, 15) is 10.1 Å². The van der Waals surface area contributed by atoms with Crippen LogP contribution in [0.3, 0.4) is 0 Å². The molecule has 1 heterocycles. The smallest absolute Gasteiger partial charge is 0.284 e. The molecule has 29 heavy (non-hydrogen) atoms. The Morgan fingerprint density at radius 2 is 2.00 bits per heavy atom. The fourth-order valence-electron chi connectivity index (χ4n) is 2.80. The lowest BCUT2D eigenvalue weighted by Gasteiger charge is -2.02. The van der Waals surface area contributed by atoms with Crippen molar-refractivity contribution in [1.29, 1.82) is 0 Å². The summed E-state index contributed by atoms with van der Waals surface area (Å²) in [4.78, 5) is 19.5. The van der Waals surface area contributed by atoms with E-state index in [0.29, 0.717) is 37.8 Å². The second kappa shape index (κ2) is 7.77. The van der Waals surface area contributed by atoms with E-state index in [2.05, 4.69) is 25.9 Å². The van der Waals surface area contributed by atoms with E-state index >= 15 is 0 Å². The third kappa shape index (κ3) is 4.06. The number of hydrogen-bond donors (Lipinski definition) is 0. The number of nitro benzene ring substituents is 1. The van der Waals surface area contributed by atoms with Crippen molar-refractivity contribution in [3.63, 3.8) is 0 Å². The zero-order valence-electron chi connectivity index (χ0n) is 15.1. The lowest BCUT2D eigenvalue weighted by Crippen LogP contribution is -1.91. The summed E-state index contributed by atoms with van der Waals surface area (Å²) in [5.74, 6) is 0.409. The van der Waals surface area contributed by atoms with Gasteiger partial charge in [0.25, 0.3) is 5.69 Å². The highest BCUT2D eigenvalue weighted by atomic mass is 79.9. The molecule has 0 saturated heterocycles. The van der Waals surface area contributed by atoms with Gasteiger partial charge in [0, 0.05) is 12.3 Å². The average molecular weight is 471 g/mol. The molecule has 3 aromatic carbocycles. The number of nitro groups is 1. The fraction of sp³-hybridized carbons (Fsp3) is 0.0476. The number of nitrogens with zero attached hydrogens (tertiary/aromatic N) is 3. The monoisotopic (exact) mass is 469 g/mol. The van der Waals surface area contributed by atoms with Crippen molar-refractivity contribution in [3.05, 3.63) is 85.3 Å². The summed E-state index contributed by atoms with van der Waals surface area (Å²) in [6.45, 7) is 1.98. The van der Waals surface area contributed by atoms with E-state index in [-0.39, 0.29) is 5.69 Å². The standard InChI is InChI=1S/C21H13BrClN3O3/c1-12-2-7-18-20(8-12)29-21(25-18)15-10-14(4-6-17(15)23)24-11-13-3-5-16(22)19(9-13)26(27)28/h2-11H,1H3. The maximum absolute atomic E-state index is 11.1. The Bertz CT molecular complexity index is 1280. The maximum atomic E-state index is 11.1. The normalized spacial score (nSPS) is 11.4. The predicted octanol–water partition coefficient (Wildman–Crippen LogP) is 6.88. The van der Waals surface area contributed by atoms with Crippen LogP contribution in [0.1, 0.15) is 11.1 Å². The van der Waals surface area contributed by atoms with Crippen molar-refractivity contribution in [2.24, 2.45) is 4.99 Å². The van der Waals surface area contributed by atoms with E-state index in [0.717, 1.165) is 11.1 Å². The Labute approximate surface area is 179 Å². The topological polar surface area (TPSA) is 81.5 Å². The molecule has 0 bridgehead atoms. The number of benzene rings is 3. The van der Waals surface area contributed by atoms with E-state index in [4.69, 9.17) is 16.0 Å². The molecule has 0 fully saturated rings. The van der Waals surface area contributed by atoms with Gasteiger partial charge in [0.05, 0.1) is 25.7 Å². The summed E-state index contributed by atoms with van der Waals surface area (Å²) in [6, 6.07) is 15.8. The largest absolute Gasteiger partial charge is 0.436 e. The molecule has 0 radical (unpaired) electrons. The predicted molar refractivity (Wildman–Crippen MR) is 117 cm³/mol. The van der Waals surface area contributed by atoms with Crippen LogP contribution in [0.25, 0.3) is 22.6 Å². The first-order valence-corrected chi connectivity index (χ1v) is 9.73. The molecule has 0 atom stereocenters. The van der Waals surface area contributed by atoms with Crippen molar-refractivity contribution >= 4 is 56.2 Å². The first-order valence-electron chi connectivity index (χ1n) is 8.56. The van der Waals surface area contributed by atoms with Crippen LogP contribution in [-0.2, 0) is 0 Å². The summed E-state index contributed by atoms with van der Waals surface area (Å²) < 4.78 is 6.28. The van der Waals surface area contributed by atoms with Crippen LogP contribution in [0.2, 0.25) is 5.02 Å². The Morgan fingerprint density at radius 3 is 2.79 bits per heavy atom. The first kappa shape index (κ1) is 19.3. The first-order chi connectivity index (χ1) is 13.9. The number of aryl methyl sites for hydroxylation is 1. The zero-order chi connectivity index (χ0) is 20.5. The van der Waals surface area contributed by atoms with Gasteiger partial charge >= 0.3 is 0 Å². The van der Waals surface area contributed by atoms with Crippen LogP contribution < -0.4 is 0 Å². The molecule has 0 N–H and O–H groups in total. The molecule has 0 aliphatic rings. The number of aromatic nitrogens is 1. The molecule has 4 rings (SSSR count). The Kier molecular flexibility index (Phi) is 5.17. The average Bonchev–Trinajstić information content (AvgIpc) is 3.11.